The van der Waals surface area contributed by atoms with Gasteiger partial charge in [0.2, 0.25) is 0 Å². The lowest BCUT2D eigenvalue weighted by Gasteiger charge is -2.10. The van der Waals surface area contributed by atoms with Gasteiger partial charge in [0.25, 0.3) is 0 Å². The Morgan fingerprint density at radius 3 is 2.15 bits per heavy atom. The van der Waals surface area contributed by atoms with Gasteiger partial charge in [-0.1, -0.05) is 17.7 Å². The van der Waals surface area contributed by atoms with Crippen molar-refractivity contribution < 1.29 is 4.43 Å². The molecule has 0 fully saturated rings. The van der Waals surface area contributed by atoms with Crippen molar-refractivity contribution in [1.82, 2.24) is 0 Å². The van der Waals surface area contributed by atoms with Gasteiger partial charge in [-0.05, 0) is 44.0 Å². The topological polar surface area (TPSA) is 9.23 Å². The van der Waals surface area contributed by atoms with Crippen molar-refractivity contribution in [2.24, 2.45) is 0 Å². The minimum absolute atomic E-state index is 0.485. The Labute approximate surface area is 83.1 Å². The lowest BCUT2D eigenvalue weighted by molar-refractivity contribution is 0.367. The first-order chi connectivity index (χ1) is 6.15. The van der Waals surface area contributed by atoms with E-state index in [1.54, 1.807) is 0 Å². The van der Waals surface area contributed by atoms with E-state index in [0.29, 0.717) is 0 Å². The summed E-state index contributed by atoms with van der Waals surface area (Å²) in [5.41, 5.74) is 4.15. The summed E-state index contributed by atoms with van der Waals surface area (Å²) in [5, 5.41) is 1.48. The highest BCUT2D eigenvalue weighted by Gasteiger charge is 2.03. The van der Waals surface area contributed by atoms with E-state index in [4.69, 9.17) is 4.43 Å². The Morgan fingerprint density at radius 1 is 1.15 bits per heavy atom. The summed E-state index contributed by atoms with van der Waals surface area (Å²) in [5.74, 6) is 0. The summed E-state index contributed by atoms with van der Waals surface area (Å²) < 4.78 is 5.56. The summed E-state index contributed by atoms with van der Waals surface area (Å²) in [7, 11) is -0.485. The van der Waals surface area contributed by atoms with E-state index in [1.807, 2.05) is 0 Å². The summed E-state index contributed by atoms with van der Waals surface area (Å²) in [6.07, 6.45) is 0. The van der Waals surface area contributed by atoms with E-state index in [2.05, 4.69) is 39.8 Å². The van der Waals surface area contributed by atoms with Crippen LogP contribution in [0.3, 0.4) is 0 Å². The fourth-order valence-corrected chi connectivity index (χ4v) is 2.71. The molecular weight excluding hydrogens is 176 g/mol. The zero-order chi connectivity index (χ0) is 9.84. The molecule has 0 heterocycles. The molecule has 0 aliphatic carbocycles. The molecule has 0 radical (unpaired) electrons. The molecule has 0 amide bonds. The minimum atomic E-state index is -0.485. The van der Waals surface area contributed by atoms with Crippen LogP contribution in [0, 0.1) is 20.8 Å². The van der Waals surface area contributed by atoms with E-state index in [-0.39, 0.29) is 0 Å². The third kappa shape index (κ3) is 2.67. The first-order valence-electron chi connectivity index (χ1n) is 4.79. The maximum absolute atomic E-state index is 5.56. The van der Waals surface area contributed by atoms with Gasteiger partial charge in [-0.15, -0.1) is 0 Å². The first-order valence-corrected chi connectivity index (χ1v) is 6.08. The molecule has 0 spiro atoms. The largest absolute Gasteiger partial charge is 0.419 e. The minimum Gasteiger partial charge on any atom is -0.419 e. The van der Waals surface area contributed by atoms with Crippen LogP contribution in [-0.2, 0) is 4.43 Å². The fourth-order valence-electron chi connectivity index (χ4n) is 1.64. The van der Waals surface area contributed by atoms with Crippen molar-refractivity contribution in [1.29, 1.82) is 0 Å². The lowest BCUT2D eigenvalue weighted by atomic mass is 10.1. The summed E-state index contributed by atoms with van der Waals surface area (Å²) in [4.78, 5) is 0. The van der Waals surface area contributed by atoms with Crippen LogP contribution in [0.5, 0.6) is 0 Å². The number of benzene rings is 1. The highest BCUT2D eigenvalue weighted by atomic mass is 28.2. The number of hydrogen-bond acceptors (Lipinski definition) is 1. The average molecular weight is 194 g/mol. The molecule has 0 aromatic heterocycles. The monoisotopic (exact) mass is 194 g/mol. The van der Waals surface area contributed by atoms with Crippen LogP contribution in [0.2, 0.25) is 0 Å². The van der Waals surface area contributed by atoms with Crippen LogP contribution in [-0.4, -0.2) is 16.4 Å². The number of aryl methyl sites for hydroxylation is 3. The SMILES string of the molecule is CCO[SiH2]c1c(C)cc(C)cc1C. The Kier molecular flexibility index (Phi) is 3.69. The van der Waals surface area contributed by atoms with Crippen molar-refractivity contribution in [3.63, 3.8) is 0 Å². The predicted molar refractivity (Wildman–Crippen MR) is 60.5 cm³/mol. The molecule has 0 saturated heterocycles. The third-order valence-corrected chi connectivity index (χ3v) is 4.31. The Bertz CT molecular complexity index is 271. The molecule has 0 saturated carbocycles. The molecule has 1 rings (SSSR count). The van der Waals surface area contributed by atoms with E-state index in [9.17, 15) is 0 Å². The van der Waals surface area contributed by atoms with Gasteiger partial charge in [0, 0.05) is 6.61 Å². The molecule has 0 unspecified atom stereocenters. The molecule has 1 aromatic carbocycles. The van der Waals surface area contributed by atoms with E-state index in [1.165, 1.54) is 21.9 Å². The smallest absolute Gasteiger partial charge is 0.192 e. The third-order valence-electron chi connectivity index (χ3n) is 2.29. The molecule has 0 aliphatic heterocycles. The van der Waals surface area contributed by atoms with Crippen LogP contribution in [0.4, 0.5) is 0 Å². The van der Waals surface area contributed by atoms with E-state index >= 15 is 0 Å². The summed E-state index contributed by atoms with van der Waals surface area (Å²) >= 11 is 0. The highest BCUT2D eigenvalue weighted by molar-refractivity contribution is 6.48. The molecule has 1 aromatic rings. The van der Waals surface area contributed by atoms with Crippen LogP contribution in [0.1, 0.15) is 23.6 Å². The maximum Gasteiger partial charge on any atom is 0.192 e. The van der Waals surface area contributed by atoms with Gasteiger partial charge < -0.3 is 4.43 Å². The van der Waals surface area contributed by atoms with Gasteiger partial charge in [0.05, 0.1) is 0 Å². The predicted octanol–water partition coefficient (Wildman–Crippen LogP) is 1.36. The maximum atomic E-state index is 5.56. The Hall–Kier alpha value is -0.603. The molecule has 72 valence electrons. The van der Waals surface area contributed by atoms with Gasteiger partial charge in [0.1, 0.15) is 0 Å². The standard InChI is InChI=1S/C11H18OSi/c1-5-12-13-11-9(3)6-8(2)7-10(11)4/h6-7H,5,13H2,1-4H3. The Morgan fingerprint density at radius 2 is 1.69 bits per heavy atom. The molecular formula is C11H18OSi. The molecule has 0 N–H and O–H groups in total. The van der Waals surface area contributed by atoms with E-state index in [0.717, 1.165) is 6.61 Å². The van der Waals surface area contributed by atoms with Gasteiger partial charge >= 0.3 is 0 Å². The van der Waals surface area contributed by atoms with Crippen molar-refractivity contribution in [3.05, 3.63) is 28.8 Å². The summed E-state index contributed by atoms with van der Waals surface area (Å²) in [6.45, 7) is 9.42. The molecule has 13 heavy (non-hydrogen) atoms. The summed E-state index contributed by atoms with van der Waals surface area (Å²) in [6, 6.07) is 4.49. The highest BCUT2D eigenvalue weighted by Crippen LogP contribution is 2.04. The first kappa shape index (κ1) is 10.5. The lowest BCUT2D eigenvalue weighted by Crippen LogP contribution is -2.23. The van der Waals surface area contributed by atoms with Crippen molar-refractivity contribution in [3.8, 4) is 0 Å². The van der Waals surface area contributed by atoms with Gasteiger partial charge in [-0.2, -0.15) is 0 Å². The van der Waals surface area contributed by atoms with Crippen molar-refractivity contribution in [2.45, 2.75) is 27.7 Å². The second kappa shape index (κ2) is 4.58. The zero-order valence-electron chi connectivity index (χ0n) is 8.98. The molecule has 0 bridgehead atoms. The van der Waals surface area contributed by atoms with Gasteiger partial charge in [0.15, 0.2) is 9.76 Å². The normalized spacial score (nSPS) is 11.4. The molecule has 0 atom stereocenters. The zero-order valence-corrected chi connectivity index (χ0v) is 10.4. The van der Waals surface area contributed by atoms with Crippen LogP contribution in [0.15, 0.2) is 12.1 Å². The number of hydrogen-bond donors (Lipinski definition) is 0. The average Bonchev–Trinajstić information content (AvgIpc) is 2.02. The van der Waals surface area contributed by atoms with E-state index < -0.39 is 9.76 Å². The second-order valence-corrected chi connectivity index (χ2v) is 4.92. The molecule has 1 nitrogen and oxygen atoms in total. The van der Waals surface area contributed by atoms with Crippen LogP contribution >= 0.6 is 0 Å². The quantitative estimate of drug-likeness (QED) is 0.660. The molecule has 2 heteroatoms. The van der Waals surface area contributed by atoms with Crippen molar-refractivity contribution in [2.75, 3.05) is 6.61 Å². The number of rotatable bonds is 3. The molecule has 0 aliphatic rings. The van der Waals surface area contributed by atoms with Crippen molar-refractivity contribution >= 4 is 14.9 Å². The van der Waals surface area contributed by atoms with Crippen LogP contribution in [0.25, 0.3) is 0 Å². The Balaban J connectivity index is 2.92. The van der Waals surface area contributed by atoms with Crippen LogP contribution < -0.4 is 5.19 Å². The second-order valence-electron chi connectivity index (χ2n) is 3.51. The van der Waals surface area contributed by atoms with Gasteiger partial charge in [-0.3, -0.25) is 0 Å². The fraction of sp³-hybridized carbons (Fsp3) is 0.455. The van der Waals surface area contributed by atoms with Gasteiger partial charge in [-0.25, -0.2) is 0 Å².